The number of para-hydroxylation sites is 1. The zero-order chi connectivity index (χ0) is 31.6. The number of hydrogen-bond acceptors (Lipinski definition) is 4. The van der Waals surface area contributed by atoms with Crippen molar-refractivity contribution in [2.24, 2.45) is 0 Å². The number of benzene rings is 7. The molecule has 3 heterocycles. The van der Waals surface area contributed by atoms with E-state index in [0.717, 1.165) is 22.4 Å². The molecule has 0 fully saturated rings. The maximum Gasteiger partial charge on any atom is 0.164 e. The molecule has 0 amide bonds. The summed E-state index contributed by atoms with van der Waals surface area (Å²) >= 11 is 1.80. The first-order valence-corrected chi connectivity index (χ1v) is 16.8. The largest absolute Gasteiger partial charge is 0.309 e. The summed E-state index contributed by atoms with van der Waals surface area (Å²) in [7, 11) is 0. The highest BCUT2D eigenvalue weighted by atomic mass is 32.1. The number of thiophene rings is 1. The zero-order valence-electron chi connectivity index (χ0n) is 25.7. The van der Waals surface area contributed by atoms with Crippen LogP contribution in [-0.2, 0) is 0 Å². The van der Waals surface area contributed by atoms with Gasteiger partial charge in [0.05, 0.1) is 11.0 Å². The minimum absolute atomic E-state index is 0.648. The summed E-state index contributed by atoms with van der Waals surface area (Å²) in [5, 5.41) is 7.50. The molecule has 0 spiro atoms. The smallest absolute Gasteiger partial charge is 0.164 e. The molecule has 10 rings (SSSR count). The van der Waals surface area contributed by atoms with E-state index < -0.39 is 0 Å². The first-order valence-electron chi connectivity index (χ1n) is 16.0. The van der Waals surface area contributed by atoms with Gasteiger partial charge in [-0.3, -0.25) is 0 Å². The zero-order valence-corrected chi connectivity index (χ0v) is 26.5. The number of hydrogen-bond donors (Lipinski definition) is 0. The number of nitrogens with zero attached hydrogens (tertiary/aromatic N) is 4. The van der Waals surface area contributed by atoms with Crippen LogP contribution in [0.5, 0.6) is 0 Å². The third-order valence-electron chi connectivity index (χ3n) is 9.23. The Morgan fingerprint density at radius 2 is 0.958 bits per heavy atom. The summed E-state index contributed by atoms with van der Waals surface area (Å²) in [6.45, 7) is 0. The van der Waals surface area contributed by atoms with Crippen LogP contribution in [-0.4, -0.2) is 19.5 Å². The molecule has 0 unspecified atom stereocenters. The van der Waals surface area contributed by atoms with Gasteiger partial charge in [0, 0.05) is 53.3 Å². The van der Waals surface area contributed by atoms with E-state index in [1.165, 1.54) is 52.8 Å². The molecule has 0 aliphatic heterocycles. The molecule has 0 bridgehead atoms. The summed E-state index contributed by atoms with van der Waals surface area (Å²) in [6.07, 6.45) is 0. The van der Waals surface area contributed by atoms with Crippen LogP contribution in [0.1, 0.15) is 0 Å². The van der Waals surface area contributed by atoms with Crippen LogP contribution in [0, 0.1) is 0 Å². The van der Waals surface area contributed by atoms with Crippen LogP contribution in [0.3, 0.4) is 0 Å². The fourth-order valence-electron chi connectivity index (χ4n) is 6.91. The quantitative estimate of drug-likeness (QED) is 0.194. The molecule has 0 atom stereocenters. The summed E-state index contributed by atoms with van der Waals surface area (Å²) in [5.74, 6) is 1.97. The van der Waals surface area contributed by atoms with Crippen molar-refractivity contribution in [3.05, 3.63) is 158 Å². The van der Waals surface area contributed by atoms with Crippen LogP contribution in [0.4, 0.5) is 0 Å². The summed E-state index contributed by atoms with van der Waals surface area (Å²) in [4.78, 5) is 15.0. The standard InChI is InChI=1S/C43H26N4S/c1-2-10-27(11-3-1)41-44-42(46-43(45-41)31-20-23-35-34-15-7-9-17-39(34)48-40(35)26-31)28-18-21-32(22-19-28)47-37-16-8-6-14-33(37)36-24-29-12-4-5-13-30(29)25-38(36)47/h1-26H. The lowest BCUT2D eigenvalue weighted by Gasteiger charge is -2.11. The Morgan fingerprint density at radius 3 is 1.75 bits per heavy atom. The highest BCUT2D eigenvalue weighted by Gasteiger charge is 2.16. The molecule has 48 heavy (non-hydrogen) atoms. The van der Waals surface area contributed by atoms with E-state index in [-0.39, 0.29) is 0 Å². The molecule has 5 heteroatoms. The fraction of sp³-hybridized carbons (Fsp3) is 0. The average molecular weight is 631 g/mol. The van der Waals surface area contributed by atoms with E-state index in [9.17, 15) is 0 Å². The highest BCUT2D eigenvalue weighted by molar-refractivity contribution is 7.25. The molecule has 0 radical (unpaired) electrons. The van der Waals surface area contributed by atoms with Crippen molar-refractivity contribution in [2.75, 3.05) is 0 Å². The molecule has 10 aromatic rings. The third-order valence-corrected chi connectivity index (χ3v) is 10.4. The van der Waals surface area contributed by atoms with Gasteiger partial charge < -0.3 is 4.57 Å². The SMILES string of the molecule is c1ccc(-c2nc(-c3ccc(-n4c5ccccc5c5cc6ccccc6cc54)cc3)nc(-c3ccc4c(c3)sc3ccccc34)n2)cc1. The van der Waals surface area contributed by atoms with Crippen molar-refractivity contribution in [1.82, 2.24) is 19.5 Å². The van der Waals surface area contributed by atoms with Crippen molar-refractivity contribution >= 4 is 64.1 Å². The summed E-state index contributed by atoms with van der Waals surface area (Å²) in [5.41, 5.74) is 6.33. The van der Waals surface area contributed by atoms with Crippen LogP contribution >= 0.6 is 11.3 Å². The Hall–Kier alpha value is -6.17. The second-order valence-corrected chi connectivity index (χ2v) is 13.2. The lowest BCUT2D eigenvalue weighted by Crippen LogP contribution is -2.00. The molecular formula is C43H26N4S. The summed E-state index contributed by atoms with van der Waals surface area (Å²) < 4.78 is 4.86. The van der Waals surface area contributed by atoms with Crippen LogP contribution in [0.2, 0.25) is 0 Å². The van der Waals surface area contributed by atoms with Gasteiger partial charge in [-0.05, 0) is 65.4 Å². The topological polar surface area (TPSA) is 43.6 Å². The van der Waals surface area contributed by atoms with Gasteiger partial charge in [0.15, 0.2) is 17.5 Å². The normalized spacial score (nSPS) is 11.8. The van der Waals surface area contributed by atoms with Crippen molar-refractivity contribution in [3.63, 3.8) is 0 Å². The van der Waals surface area contributed by atoms with Gasteiger partial charge in [-0.1, -0.05) is 103 Å². The van der Waals surface area contributed by atoms with E-state index in [0.29, 0.717) is 17.5 Å². The Bertz CT molecular complexity index is 2830. The Balaban J connectivity index is 1.12. The van der Waals surface area contributed by atoms with Crippen LogP contribution < -0.4 is 0 Å². The molecule has 3 aromatic heterocycles. The first kappa shape index (κ1) is 27.0. The Labute approximate surface area is 280 Å². The van der Waals surface area contributed by atoms with E-state index >= 15 is 0 Å². The van der Waals surface area contributed by atoms with Gasteiger partial charge in [-0.25, -0.2) is 15.0 Å². The maximum absolute atomic E-state index is 5.06. The minimum atomic E-state index is 0.648. The second kappa shape index (κ2) is 10.7. The third kappa shape index (κ3) is 4.33. The lowest BCUT2D eigenvalue weighted by molar-refractivity contribution is 1.07. The minimum Gasteiger partial charge on any atom is -0.309 e. The van der Waals surface area contributed by atoms with Crippen LogP contribution in [0.15, 0.2) is 158 Å². The summed E-state index contributed by atoms with van der Waals surface area (Å²) in [6, 6.07) is 55.7. The van der Waals surface area contributed by atoms with Gasteiger partial charge in [0.1, 0.15) is 0 Å². The average Bonchev–Trinajstić information content (AvgIpc) is 3.69. The van der Waals surface area contributed by atoms with Gasteiger partial charge in [-0.15, -0.1) is 11.3 Å². The van der Waals surface area contributed by atoms with Gasteiger partial charge >= 0.3 is 0 Å². The Kier molecular flexibility index (Phi) is 6.01. The molecule has 7 aromatic carbocycles. The van der Waals surface area contributed by atoms with Crippen molar-refractivity contribution in [2.45, 2.75) is 0 Å². The van der Waals surface area contributed by atoms with Crippen molar-refractivity contribution in [1.29, 1.82) is 0 Å². The molecule has 224 valence electrons. The molecule has 0 saturated carbocycles. The van der Waals surface area contributed by atoms with E-state index in [1.54, 1.807) is 11.3 Å². The molecule has 0 aliphatic carbocycles. The molecule has 4 nitrogen and oxygen atoms in total. The molecular weight excluding hydrogens is 605 g/mol. The number of aromatic nitrogens is 4. The van der Waals surface area contributed by atoms with E-state index in [1.807, 2.05) is 30.3 Å². The van der Waals surface area contributed by atoms with Crippen molar-refractivity contribution < 1.29 is 0 Å². The van der Waals surface area contributed by atoms with Gasteiger partial charge in [-0.2, -0.15) is 0 Å². The van der Waals surface area contributed by atoms with Crippen molar-refractivity contribution in [3.8, 4) is 39.9 Å². The lowest BCUT2D eigenvalue weighted by atomic mass is 10.1. The highest BCUT2D eigenvalue weighted by Crippen LogP contribution is 2.37. The Morgan fingerprint density at radius 1 is 0.375 bits per heavy atom. The monoisotopic (exact) mass is 630 g/mol. The number of fused-ring (bicyclic) bond motifs is 7. The second-order valence-electron chi connectivity index (χ2n) is 12.1. The van der Waals surface area contributed by atoms with Crippen LogP contribution in [0.25, 0.3) is 92.6 Å². The molecule has 0 aliphatic rings. The first-order chi connectivity index (χ1) is 23.8. The number of rotatable bonds is 4. The molecule has 0 saturated heterocycles. The maximum atomic E-state index is 5.06. The molecule has 0 N–H and O–H groups in total. The van der Waals surface area contributed by atoms with E-state index in [2.05, 4.69) is 132 Å². The van der Waals surface area contributed by atoms with E-state index in [4.69, 9.17) is 15.0 Å². The fourth-order valence-corrected chi connectivity index (χ4v) is 8.05. The predicted octanol–water partition coefficient (Wildman–Crippen LogP) is 11.5. The van der Waals surface area contributed by atoms with Gasteiger partial charge in [0.25, 0.3) is 0 Å². The van der Waals surface area contributed by atoms with Gasteiger partial charge in [0.2, 0.25) is 0 Å². The predicted molar refractivity (Wildman–Crippen MR) is 201 cm³/mol.